The summed E-state index contributed by atoms with van der Waals surface area (Å²) in [6.45, 7) is 6.45. The Kier molecular flexibility index (Phi) is 4.79. The first kappa shape index (κ1) is 13.6. The molecule has 1 saturated heterocycles. The van der Waals surface area contributed by atoms with Gasteiger partial charge in [0, 0.05) is 13.1 Å². The second kappa shape index (κ2) is 6.35. The maximum Gasteiger partial charge on any atom is 0.0805 e. The smallest absolute Gasteiger partial charge is 0.0805 e. The van der Waals surface area contributed by atoms with Gasteiger partial charge in [-0.15, -0.1) is 0 Å². The number of hydrogen-bond donors (Lipinski definition) is 1. The highest BCUT2D eigenvalue weighted by Gasteiger charge is 2.33. The Labute approximate surface area is 111 Å². The van der Waals surface area contributed by atoms with Crippen molar-refractivity contribution in [3.8, 4) is 0 Å². The standard InChI is InChI=1S/C16H25NO/c1-3-16(4-2)13-17-12-15(18-16)11-10-14-8-6-5-7-9-14/h5-9,15,17H,3-4,10-13H2,1-2H3. The van der Waals surface area contributed by atoms with Crippen molar-refractivity contribution < 1.29 is 4.74 Å². The Balaban J connectivity index is 1.86. The van der Waals surface area contributed by atoms with E-state index >= 15 is 0 Å². The van der Waals surface area contributed by atoms with Gasteiger partial charge in [-0.25, -0.2) is 0 Å². The molecular formula is C16H25NO. The van der Waals surface area contributed by atoms with Gasteiger partial charge in [0.25, 0.3) is 0 Å². The fraction of sp³-hybridized carbons (Fsp3) is 0.625. The Morgan fingerprint density at radius 3 is 2.61 bits per heavy atom. The zero-order valence-electron chi connectivity index (χ0n) is 11.6. The van der Waals surface area contributed by atoms with Crippen molar-refractivity contribution in [3.63, 3.8) is 0 Å². The minimum absolute atomic E-state index is 0.0691. The van der Waals surface area contributed by atoms with Crippen LogP contribution in [0.3, 0.4) is 0 Å². The molecule has 0 spiro atoms. The highest BCUT2D eigenvalue weighted by Crippen LogP contribution is 2.26. The van der Waals surface area contributed by atoms with Crippen LogP contribution < -0.4 is 5.32 Å². The van der Waals surface area contributed by atoms with Crippen LogP contribution in [0.1, 0.15) is 38.7 Å². The molecule has 0 bridgehead atoms. The normalized spacial score (nSPS) is 22.9. The molecule has 0 amide bonds. The second-order valence-corrected chi connectivity index (χ2v) is 5.29. The van der Waals surface area contributed by atoms with Crippen LogP contribution in [-0.2, 0) is 11.2 Å². The van der Waals surface area contributed by atoms with Gasteiger partial charge in [-0.05, 0) is 31.2 Å². The minimum Gasteiger partial charge on any atom is -0.369 e. The summed E-state index contributed by atoms with van der Waals surface area (Å²) in [5.41, 5.74) is 1.48. The predicted molar refractivity (Wildman–Crippen MR) is 75.8 cm³/mol. The number of morpholine rings is 1. The minimum atomic E-state index is 0.0691. The Hall–Kier alpha value is -0.860. The monoisotopic (exact) mass is 247 g/mol. The molecule has 0 aromatic heterocycles. The van der Waals surface area contributed by atoms with E-state index in [1.54, 1.807) is 0 Å². The Bertz CT molecular complexity index is 345. The summed E-state index contributed by atoms with van der Waals surface area (Å²) in [5, 5.41) is 3.54. The van der Waals surface area contributed by atoms with E-state index in [9.17, 15) is 0 Å². The molecule has 2 rings (SSSR count). The molecule has 1 aromatic carbocycles. The van der Waals surface area contributed by atoms with Gasteiger partial charge in [-0.3, -0.25) is 0 Å². The van der Waals surface area contributed by atoms with Crippen molar-refractivity contribution >= 4 is 0 Å². The molecule has 1 atom stereocenters. The molecule has 1 N–H and O–H groups in total. The highest BCUT2D eigenvalue weighted by molar-refractivity contribution is 5.14. The first-order chi connectivity index (χ1) is 8.78. The van der Waals surface area contributed by atoms with Crippen molar-refractivity contribution in [1.29, 1.82) is 0 Å². The Morgan fingerprint density at radius 2 is 1.94 bits per heavy atom. The van der Waals surface area contributed by atoms with E-state index in [0.29, 0.717) is 6.10 Å². The summed E-state index contributed by atoms with van der Waals surface area (Å²) in [4.78, 5) is 0. The summed E-state index contributed by atoms with van der Waals surface area (Å²) < 4.78 is 6.33. The molecule has 18 heavy (non-hydrogen) atoms. The predicted octanol–water partition coefficient (Wildman–Crippen LogP) is 3.17. The van der Waals surface area contributed by atoms with Crippen LogP contribution in [0, 0.1) is 0 Å². The van der Waals surface area contributed by atoms with Crippen molar-refractivity contribution in [1.82, 2.24) is 5.32 Å². The lowest BCUT2D eigenvalue weighted by molar-refractivity contribution is -0.122. The zero-order valence-corrected chi connectivity index (χ0v) is 11.6. The molecule has 0 radical (unpaired) electrons. The van der Waals surface area contributed by atoms with Crippen molar-refractivity contribution in [2.45, 2.75) is 51.2 Å². The molecule has 100 valence electrons. The quantitative estimate of drug-likeness (QED) is 0.863. The van der Waals surface area contributed by atoms with E-state index in [1.165, 1.54) is 5.56 Å². The lowest BCUT2D eigenvalue weighted by Crippen LogP contribution is -2.53. The molecule has 1 aromatic rings. The van der Waals surface area contributed by atoms with Gasteiger partial charge in [-0.1, -0.05) is 44.2 Å². The summed E-state index contributed by atoms with van der Waals surface area (Å²) in [5.74, 6) is 0. The first-order valence-corrected chi connectivity index (χ1v) is 7.20. The average Bonchev–Trinajstić information content (AvgIpc) is 2.46. The third-order valence-corrected chi connectivity index (χ3v) is 4.12. The van der Waals surface area contributed by atoms with Gasteiger partial charge in [-0.2, -0.15) is 0 Å². The number of nitrogens with one attached hydrogen (secondary N) is 1. The number of hydrogen-bond acceptors (Lipinski definition) is 2. The number of benzene rings is 1. The number of aryl methyl sites for hydroxylation is 1. The van der Waals surface area contributed by atoms with E-state index in [0.717, 1.165) is 38.8 Å². The first-order valence-electron chi connectivity index (χ1n) is 7.20. The van der Waals surface area contributed by atoms with Gasteiger partial charge >= 0.3 is 0 Å². The zero-order chi connectivity index (χ0) is 12.8. The molecule has 1 heterocycles. The van der Waals surface area contributed by atoms with Crippen molar-refractivity contribution in [2.75, 3.05) is 13.1 Å². The summed E-state index contributed by atoms with van der Waals surface area (Å²) in [6, 6.07) is 10.7. The topological polar surface area (TPSA) is 21.3 Å². The van der Waals surface area contributed by atoms with Gasteiger partial charge in [0.1, 0.15) is 0 Å². The highest BCUT2D eigenvalue weighted by atomic mass is 16.5. The van der Waals surface area contributed by atoms with E-state index in [1.807, 2.05) is 0 Å². The van der Waals surface area contributed by atoms with Crippen LogP contribution in [-0.4, -0.2) is 24.8 Å². The molecule has 0 saturated carbocycles. The van der Waals surface area contributed by atoms with Crippen LogP contribution >= 0.6 is 0 Å². The molecular weight excluding hydrogens is 222 g/mol. The van der Waals surface area contributed by atoms with Crippen LogP contribution in [0.5, 0.6) is 0 Å². The average molecular weight is 247 g/mol. The van der Waals surface area contributed by atoms with Crippen LogP contribution in [0.15, 0.2) is 30.3 Å². The summed E-state index contributed by atoms with van der Waals surface area (Å²) in [7, 11) is 0. The largest absolute Gasteiger partial charge is 0.369 e. The molecule has 2 heteroatoms. The fourth-order valence-electron chi connectivity index (χ4n) is 2.70. The SMILES string of the molecule is CCC1(CC)CNCC(CCc2ccccc2)O1. The van der Waals surface area contributed by atoms with E-state index in [2.05, 4.69) is 49.5 Å². The Morgan fingerprint density at radius 1 is 1.22 bits per heavy atom. The maximum absolute atomic E-state index is 6.33. The van der Waals surface area contributed by atoms with Gasteiger partial charge in [0.2, 0.25) is 0 Å². The molecule has 1 unspecified atom stereocenters. The van der Waals surface area contributed by atoms with Crippen LogP contribution in [0.2, 0.25) is 0 Å². The maximum atomic E-state index is 6.33. The van der Waals surface area contributed by atoms with E-state index in [4.69, 9.17) is 4.74 Å². The van der Waals surface area contributed by atoms with Gasteiger partial charge in [0.15, 0.2) is 0 Å². The second-order valence-electron chi connectivity index (χ2n) is 5.29. The lowest BCUT2D eigenvalue weighted by atomic mass is 9.94. The molecule has 1 aliphatic heterocycles. The van der Waals surface area contributed by atoms with Gasteiger partial charge < -0.3 is 10.1 Å². The number of rotatable bonds is 5. The molecule has 1 fully saturated rings. The third kappa shape index (κ3) is 3.33. The molecule has 2 nitrogen and oxygen atoms in total. The van der Waals surface area contributed by atoms with E-state index < -0.39 is 0 Å². The van der Waals surface area contributed by atoms with Crippen molar-refractivity contribution in [3.05, 3.63) is 35.9 Å². The van der Waals surface area contributed by atoms with Crippen LogP contribution in [0.4, 0.5) is 0 Å². The van der Waals surface area contributed by atoms with Gasteiger partial charge in [0.05, 0.1) is 11.7 Å². The van der Waals surface area contributed by atoms with Crippen LogP contribution in [0.25, 0.3) is 0 Å². The fourth-order valence-corrected chi connectivity index (χ4v) is 2.70. The lowest BCUT2D eigenvalue weighted by Gasteiger charge is -2.41. The molecule has 1 aliphatic rings. The molecule has 0 aliphatic carbocycles. The third-order valence-electron chi connectivity index (χ3n) is 4.12. The summed E-state index contributed by atoms with van der Waals surface area (Å²) >= 11 is 0. The summed E-state index contributed by atoms with van der Waals surface area (Å²) in [6.07, 6.45) is 4.77. The number of ether oxygens (including phenoxy) is 1. The van der Waals surface area contributed by atoms with E-state index in [-0.39, 0.29) is 5.60 Å². The van der Waals surface area contributed by atoms with Crippen molar-refractivity contribution in [2.24, 2.45) is 0 Å².